The van der Waals surface area contributed by atoms with E-state index in [1.165, 1.54) is 0 Å². The van der Waals surface area contributed by atoms with Crippen LogP contribution in [-0.4, -0.2) is 45.1 Å². The highest BCUT2D eigenvalue weighted by Crippen LogP contribution is 2.27. The summed E-state index contributed by atoms with van der Waals surface area (Å²) in [5.74, 6) is 2.22. The molecule has 0 aromatic heterocycles. The van der Waals surface area contributed by atoms with Crippen LogP contribution in [0.2, 0.25) is 0 Å². The predicted octanol–water partition coefficient (Wildman–Crippen LogP) is 2.28. The van der Waals surface area contributed by atoms with Crippen molar-refractivity contribution >= 4 is 0 Å². The van der Waals surface area contributed by atoms with Crippen molar-refractivity contribution in [3.05, 3.63) is 54.1 Å². The van der Waals surface area contributed by atoms with Gasteiger partial charge in [-0.2, -0.15) is 0 Å². The minimum absolute atomic E-state index is 0.271. The molecular weight excluding hydrogens is 306 g/mol. The molecule has 2 N–H and O–H groups in total. The van der Waals surface area contributed by atoms with Crippen LogP contribution in [0.25, 0.3) is 0 Å². The van der Waals surface area contributed by atoms with E-state index >= 15 is 0 Å². The quantitative estimate of drug-likeness (QED) is 0.654. The molecular formula is C19H25NO4. The Morgan fingerprint density at radius 3 is 2.46 bits per heavy atom. The van der Waals surface area contributed by atoms with Crippen LogP contribution < -0.4 is 19.5 Å². The first-order chi connectivity index (χ1) is 11.7. The highest BCUT2D eigenvalue weighted by molar-refractivity contribution is 5.42. The number of hydrogen-bond acceptors (Lipinski definition) is 5. The minimum Gasteiger partial charge on any atom is -0.493 e. The third-order valence-corrected chi connectivity index (χ3v) is 3.60. The van der Waals surface area contributed by atoms with Gasteiger partial charge in [0, 0.05) is 6.54 Å². The first-order valence-corrected chi connectivity index (χ1v) is 8.00. The Labute approximate surface area is 143 Å². The van der Waals surface area contributed by atoms with Gasteiger partial charge in [-0.15, -0.1) is 0 Å². The van der Waals surface area contributed by atoms with Gasteiger partial charge in [0.05, 0.1) is 14.2 Å². The number of para-hydroxylation sites is 1. The second kappa shape index (κ2) is 9.80. The van der Waals surface area contributed by atoms with Crippen molar-refractivity contribution in [1.29, 1.82) is 0 Å². The molecule has 0 spiro atoms. The molecule has 0 heterocycles. The summed E-state index contributed by atoms with van der Waals surface area (Å²) in [5, 5.41) is 13.2. The fraction of sp³-hybridized carbons (Fsp3) is 0.368. The molecule has 0 aliphatic heterocycles. The molecule has 5 nitrogen and oxygen atoms in total. The fourth-order valence-corrected chi connectivity index (χ4v) is 2.31. The molecule has 0 saturated heterocycles. The molecule has 0 aliphatic carbocycles. The molecule has 130 valence electrons. The van der Waals surface area contributed by atoms with Crippen LogP contribution >= 0.6 is 0 Å². The van der Waals surface area contributed by atoms with Gasteiger partial charge in [0.1, 0.15) is 18.5 Å². The van der Waals surface area contributed by atoms with E-state index < -0.39 is 6.10 Å². The highest BCUT2D eigenvalue weighted by atomic mass is 16.5. The van der Waals surface area contributed by atoms with Crippen molar-refractivity contribution in [1.82, 2.24) is 5.32 Å². The number of aliphatic hydroxyl groups excluding tert-OH is 1. The SMILES string of the molecule is COc1ccc(CCNCC(O)COc2ccccc2)cc1OC. The molecule has 2 rings (SSSR count). The van der Waals surface area contributed by atoms with Gasteiger partial charge in [0.2, 0.25) is 0 Å². The smallest absolute Gasteiger partial charge is 0.160 e. The zero-order chi connectivity index (χ0) is 17.2. The van der Waals surface area contributed by atoms with Crippen LogP contribution in [0.4, 0.5) is 0 Å². The molecule has 2 aromatic rings. The summed E-state index contributed by atoms with van der Waals surface area (Å²) in [4.78, 5) is 0. The number of ether oxygens (including phenoxy) is 3. The van der Waals surface area contributed by atoms with Gasteiger partial charge in [-0.25, -0.2) is 0 Å². The van der Waals surface area contributed by atoms with Gasteiger partial charge in [-0.1, -0.05) is 24.3 Å². The van der Waals surface area contributed by atoms with Crippen LogP contribution in [0, 0.1) is 0 Å². The summed E-state index contributed by atoms with van der Waals surface area (Å²) >= 11 is 0. The third kappa shape index (κ3) is 5.76. The van der Waals surface area contributed by atoms with E-state index in [1.807, 2.05) is 48.5 Å². The molecule has 0 fully saturated rings. The van der Waals surface area contributed by atoms with Crippen molar-refractivity contribution in [2.75, 3.05) is 33.9 Å². The number of nitrogens with one attached hydrogen (secondary N) is 1. The second-order valence-corrected chi connectivity index (χ2v) is 5.42. The van der Waals surface area contributed by atoms with Crippen LogP contribution in [0.5, 0.6) is 17.2 Å². The van der Waals surface area contributed by atoms with Gasteiger partial charge in [-0.3, -0.25) is 0 Å². The van der Waals surface area contributed by atoms with E-state index in [1.54, 1.807) is 14.2 Å². The molecule has 2 aromatic carbocycles. The average molecular weight is 331 g/mol. The van der Waals surface area contributed by atoms with Crippen molar-refractivity contribution in [3.8, 4) is 17.2 Å². The summed E-state index contributed by atoms with van der Waals surface area (Å²) in [7, 11) is 3.25. The van der Waals surface area contributed by atoms with Crippen LogP contribution in [0.1, 0.15) is 5.56 Å². The van der Waals surface area contributed by atoms with Gasteiger partial charge in [0.15, 0.2) is 11.5 Å². The summed E-state index contributed by atoms with van der Waals surface area (Å²) in [5.41, 5.74) is 1.15. The molecule has 1 atom stereocenters. The number of rotatable bonds is 10. The van der Waals surface area contributed by atoms with Gasteiger partial charge >= 0.3 is 0 Å². The summed E-state index contributed by atoms with van der Waals surface area (Å²) in [6.07, 6.45) is 0.294. The molecule has 0 amide bonds. The zero-order valence-electron chi connectivity index (χ0n) is 14.2. The van der Waals surface area contributed by atoms with E-state index in [2.05, 4.69) is 5.32 Å². The summed E-state index contributed by atoms with van der Waals surface area (Å²) in [6, 6.07) is 15.4. The lowest BCUT2D eigenvalue weighted by Gasteiger charge is -2.14. The number of hydrogen-bond donors (Lipinski definition) is 2. The molecule has 0 radical (unpaired) electrons. The second-order valence-electron chi connectivity index (χ2n) is 5.42. The molecule has 1 unspecified atom stereocenters. The standard InChI is InChI=1S/C19H25NO4/c1-22-18-9-8-15(12-19(18)23-2)10-11-20-13-16(21)14-24-17-6-4-3-5-7-17/h3-9,12,16,20-21H,10-11,13-14H2,1-2H3. The monoisotopic (exact) mass is 331 g/mol. The topological polar surface area (TPSA) is 60.0 Å². The van der Waals surface area contributed by atoms with Crippen molar-refractivity contribution in [3.63, 3.8) is 0 Å². The van der Waals surface area contributed by atoms with E-state index in [9.17, 15) is 5.11 Å². The van der Waals surface area contributed by atoms with Crippen LogP contribution in [0.15, 0.2) is 48.5 Å². The molecule has 0 aliphatic rings. The van der Waals surface area contributed by atoms with Crippen molar-refractivity contribution in [2.24, 2.45) is 0 Å². The largest absolute Gasteiger partial charge is 0.493 e. The predicted molar refractivity (Wildman–Crippen MR) is 94.1 cm³/mol. The summed E-state index contributed by atoms with van der Waals surface area (Å²) in [6.45, 7) is 1.52. The first-order valence-electron chi connectivity index (χ1n) is 8.00. The Kier molecular flexibility index (Phi) is 7.39. The number of methoxy groups -OCH3 is 2. The summed E-state index contributed by atoms with van der Waals surface area (Å²) < 4.78 is 16.0. The molecule has 0 bridgehead atoms. The lowest BCUT2D eigenvalue weighted by molar-refractivity contribution is 0.106. The maximum Gasteiger partial charge on any atom is 0.160 e. The van der Waals surface area contributed by atoms with Crippen LogP contribution in [0.3, 0.4) is 0 Å². The molecule has 0 saturated carbocycles. The van der Waals surface area contributed by atoms with E-state index in [0.717, 1.165) is 35.8 Å². The number of benzene rings is 2. The molecule has 24 heavy (non-hydrogen) atoms. The molecule has 5 heteroatoms. The number of aliphatic hydroxyl groups is 1. The maximum atomic E-state index is 9.93. The van der Waals surface area contributed by atoms with Crippen molar-refractivity contribution in [2.45, 2.75) is 12.5 Å². The Hall–Kier alpha value is -2.24. The van der Waals surface area contributed by atoms with Crippen molar-refractivity contribution < 1.29 is 19.3 Å². The van der Waals surface area contributed by atoms with E-state index in [0.29, 0.717) is 6.54 Å². The minimum atomic E-state index is -0.546. The highest BCUT2D eigenvalue weighted by Gasteiger charge is 2.06. The average Bonchev–Trinajstić information content (AvgIpc) is 2.64. The van der Waals surface area contributed by atoms with Crippen LogP contribution in [-0.2, 0) is 6.42 Å². The van der Waals surface area contributed by atoms with Gasteiger partial charge < -0.3 is 24.6 Å². The van der Waals surface area contributed by atoms with E-state index in [-0.39, 0.29) is 6.61 Å². The normalized spacial score (nSPS) is 11.8. The maximum absolute atomic E-state index is 9.93. The lowest BCUT2D eigenvalue weighted by atomic mass is 10.1. The van der Waals surface area contributed by atoms with Gasteiger partial charge in [0.25, 0.3) is 0 Å². The first kappa shape index (κ1) is 18.1. The lowest BCUT2D eigenvalue weighted by Crippen LogP contribution is -2.32. The zero-order valence-corrected chi connectivity index (χ0v) is 14.2. The third-order valence-electron chi connectivity index (χ3n) is 3.60. The Bertz CT molecular complexity index is 604. The van der Waals surface area contributed by atoms with E-state index in [4.69, 9.17) is 14.2 Å². The Morgan fingerprint density at radius 1 is 1.00 bits per heavy atom. The Morgan fingerprint density at radius 2 is 1.75 bits per heavy atom. The Balaban J connectivity index is 1.67. The fourth-order valence-electron chi connectivity index (χ4n) is 2.31. The van der Waals surface area contributed by atoms with Gasteiger partial charge in [-0.05, 0) is 42.8 Å².